The molecule has 2 aromatic rings. The summed E-state index contributed by atoms with van der Waals surface area (Å²) in [6, 6.07) is 9.67. The Bertz CT molecular complexity index is 528. The summed E-state index contributed by atoms with van der Waals surface area (Å²) in [6.45, 7) is 0. The average Bonchev–Trinajstić information content (AvgIpc) is 2.36. The van der Waals surface area contributed by atoms with Crippen LogP contribution in [0.1, 0.15) is 6.42 Å². The molecule has 3 nitrogen and oxygen atoms in total. The Morgan fingerprint density at radius 1 is 1.41 bits per heavy atom. The van der Waals surface area contributed by atoms with Gasteiger partial charge in [-0.25, -0.2) is 0 Å². The van der Waals surface area contributed by atoms with Crippen LogP contribution in [0.5, 0.6) is 0 Å². The second-order valence-electron chi connectivity index (χ2n) is 3.70. The fraction of sp³-hybridized carbons (Fsp3) is 0.231. The summed E-state index contributed by atoms with van der Waals surface area (Å²) in [7, 11) is 0. The molecule has 0 aliphatic heterocycles. The lowest BCUT2D eigenvalue weighted by atomic mass is 10.2. The third kappa shape index (κ3) is 3.20. The highest BCUT2D eigenvalue weighted by Crippen LogP contribution is 2.16. The van der Waals surface area contributed by atoms with Crippen molar-refractivity contribution in [3.8, 4) is 0 Å². The van der Waals surface area contributed by atoms with Gasteiger partial charge in [0, 0.05) is 29.4 Å². The van der Waals surface area contributed by atoms with Crippen molar-refractivity contribution in [1.82, 2.24) is 4.98 Å². The first-order valence-corrected chi connectivity index (χ1v) is 6.82. The van der Waals surface area contributed by atoms with Crippen LogP contribution in [0.15, 0.2) is 36.5 Å². The van der Waals surface area contributed by atoms with E-state index >= 15 is 0 Å². The number of aromatic nitrogens is 1. The number of carbonyl (C=O) groups is 1. The summed E-state index contributed by atoms with van der Waals surface area (Å²) in [5.41, 5.74) is 1.71. The second kappa shape index (κ2) is 5.68. The summed E-state index contributed by atoms with van der Waals surface area (Å²) >= 11 is 1.67. The minimum atomic E-state index is 0.0506. The molecular formula is C13H14N2OS. The van der Waals surface area contributed by atoms with Gasteiger partial charge in [0.25, 0.3) is 0 Å². The predicted octanol–water partition coefficient (Wildman–Crippen LogP) is 2.93. The summed E-state index contributed by atoms with van der Waals surface area (Å²) in [5, 5.41) is 3.95. The molecule has 0 radical (unpaired) electrons. The van der Waals surface area contributed by atoms with Crippen molar-refractivity contribution in [2.45, 2.75) is 6.42 Å². The van der Waals surface area contributed by atoms with Crippen LogP contribution in [0.25, 0.3) is 10.9 Å². The number of rotatable bonds is 4. The Kier molecular flexibility index (Phi) is 3.98. The quantitative estimate of drug-likeness (QED) is 0.902. The highest BCUT2D eigenvalue weighted by molar-refractivity contribution is 7.98. The highest BCUT2D eigenvalue weighted by Gasteiger charge is 2.02. The van der Waals surface area contributed by atoms with Crippen molar-refractivity contribution in [2.24, 2.45) is 0 Å². The molecule has 0 atom stereocenters. The normalized spacial score (nSPS) is 10.4. The Balaban J connectivity index is 2.11. The van der Waals surface area contributed by atoms with Crippen molar-refractivity contribution in [3.05, 3.63) is 36.5 Å². The Morgan fingerprint density at radius 2 is 2.29 bits per heavy atom. The van der Waals surface area contributed by atoms with Gasteiger partial charge >= 0.3 is 0 Å². The van der Waals surface area contributed by atoms with Crippen LogP contribution >= 0.6 is 11.8 Å². The molecule has 1 heterocycles. The van der Waals surface area contributed by atoms with E-state index < -0.39 is 0 Å². The predicted molar refractivity (Wildman–Crippen MR) is 73.4 cm³/mol. The molecule has 0 bridgehead atoms. The minimum Gasteiger partial charge on any atom is -0.326 e. The molecule has 88 valence electrons. The molecule has 1 aromatic carbocycles. The lowest BCUT2D eigenvalue weighted by molar-refractivity contribution is -0.115. The van der Waals surface area contributed by atoms with Crippen molar-refractivity contribution in [3.63, 3.8) is 0 Å². The second-order valence-corrected chi connectivity index (χ2v) is 4.69. The number of nitrogens with zero attached hydrogens (tertiary/aromatic N) is 1. The van der Waals surface area contributed by atoms with E-state index in [2.05, 4.69) is 10.3 Å². The molecule has 1 amide bonds. The summed E-state index contributed by atoms with van der Waals surface area (Å²) < 4.78 is 0. The van der Waals surface area contributed by atoms with E-state index in [9.17, 15) is 4.79 Å². The molecular weight excluding hydrogens is 232 g/mol. The van der Waals surface area contributed by atoms with Crippen LogP contribution in [0, 0.1) is 0 Å². The van der Waals surface area contributed by atoms with Gasteiger partial charge in [-0.1, -0.05) is 12.1 Å². The topological polar surface area (TPSA) is 42.0 Å². The molecule has 0 aliphatic rings. The van der Waals surface area contributed by atoms with Crippen molar-refractivity contribution in [1.29, 1.82) is 0 Å². The van der Waals surface area contributed by atoms with Gasteiger partial charge in [-0.3, -0.25) is 9.78 Å². The van der Waals surface area contributed by atoms with E-state index in [1.807, 2.05) is 36.6 Å². The Morgan fingerprint density at radius 3 is 3.12 bits per heavy atom. The largest absolute Gasteiger partial charge is 0.326 e. The first-order valence-electron chi connectivity index (χ1n) is 5.43. The molecule has 0 aliphatic carbocycles. The molecule has 17 heavy (non-hydrogen) atoms. The maximum absolute atomic E-state index is 11.6. The monoisotopic (exact) mass is 246 g/mol. The number of pyridine rings is 1. The first-order chi connectivity index (χ1) is 8.29. The number of amides is 1. The number of hydrogen-bond donors (Lipinski definition) is 1. The van der Waals surface area contributed by atoms with Crippen LogP contribution in [-0.2, 0) is 4.79 Å². The molecule has 1 aromatic heterocycles. The van der Waals surface area contributed by atoms with Gasteiger partial charge in [-0.05, 0) is 24.5 Å². The van der Waals surface area contributed by atoms with Crippen LogP contribution < -0.4 is 5.32 Å². The van der Waals surface area contributed by atoms with Crippen molar-refractivity contribution < 1.29 is 4.79 Å². The van der Waals surface area contributed by atoms with Gasteiger partial charge < -0.3 is 5.32 Å². The highest BCUT2D eigenvalue weighted by atomic mass is 32.2. The molecule has 1 N–H and O–H groups in total. The van der Waals surface area contributed by atoms with E-state index in [1.54, 1.807) is 18.0 Å². The van der Waals surface area contributed by atoms with Gasteiger partial charge in [-0.15, -0.1) is 0 Å². The van der Waals surface area contributed by atoms with Crippen LogP contribution in [0.2, 0.25) is 0 Å². The Labute approximate surface area is 105 Å². The van der Waals surface area contributed by atoms with E-state index in [-0.39, 0.29) is 5.91 Å². The smallest absolute Gasteiger partial charge is 0.225 e. The summed E-state index contributed by atoms with van der Waals surface area (Å²) in [5.74, 6) is 0.895. The number of anilines is 1. The van der Waals surface area contributed by atoms with E-state index in [0.717, 1.165) is 22.3 Å². The zero-order valence-electron chi connectivity index (χ0n) is 9.64. The third-order valence-corrected chi connectivity index (χ3v) is 3.04. The van der Waals surface area contributed by atoms with E-state index in [1.165, 1.54) is 0 Å². The number of thioether (sulfide) groups is 1. The fourth-order valence-corrected chi connectivity index (χ4v) is 1.95. The zero-order valence-corrected chi connectivity index (χ0v) is 10.5. The first kappa shape index (κ1) is 11.9. The third-order valence-electron chi connectivity index (χ3n) is 2.42. The molecule has 0 spiro atoms. The zero-order chi connectivity index (χ0) is 12.1. The molecule has 2 rings (SSSR count). The summed E-state index contributed by atoms with van der Waals surface area (Å²) in [6.07, 6.45) is 4.29. The van der Waals surface area contributed by atoms with Gasteiger partial charge in [0.1, 0.15) is 0 Å². The van der Waals surface area contributed by atoms with Crippen LogP contribution in [0.3, 0.4) is 0 Å². The maximum atomic E-state index is 11.6. The van der Waals surface area contributed by atoms with Gasteiger partial charge in [0.05, 0.1) is 5.52 Å². The Hall–Kier alpha value is -1.55. The number of hydrogen-bond acceptors (Lipinski definition) is 3. The number of carbonyl (C=O) groups excluding carboxylic acids is 1. The number of benzene rings is 1. The molecule has 0 unspecified atom stereocenters. The molecule has 0 saturated carbocycles. The minimum absolute atomic E-state index is 0.0506. The van der Waals surface area contributed by atoms with Gasteiger partial charge in [0.2, 0.25) is 5.91 Å². The van der Waals surface area contributed by atoms with Crippen molar-refractivity contribution >= 4 is 34.3 Å². The number of nitrogens with one attached hydrogen (secondary N) is 1. The van der Waals surface area contributed by atoms with Crippen LogP contribution in [0.4, 0.5) is 5.69 Å². The fourth-order valence-electron chi connectivity index (χ4n) is 1.56. The standard InChI is InChI=1S/C13H14N2OS/c1-17-8-6-13(16)15-11-5-4-10-3-2-7-14-12(10)9-11/h2-5,7,9H,6,8H2,1H3,(H,15,16). The van der Waals surface area contributed by atoms with E-state index in [0.29, 0.717) is 6.42 Å². The van der Waals surface area contributed by atoms with E-state index in [4.69, 9.17) is 0 Å². The van der Waals surface area contributed by atoms with Gasteiger partial charge in [0.15, 0.2) is 0 Å². The SMILES string of the molecule is CSCCC(=O)Nc1ccc2cccnc2c1. The molecule has 4 heteroatoms. The maximum Gasteiger partial charge on any atom is 0.225 e. The molecule has 0 saturated heterocycles. The van der Waals surface area contributed by atoms with Crippen molar-refractivity contribution in [2.75, 3.05) is 17.3 Å². The summed E-state index contributed by atoms with van der Waals surface area (Å²) in [4.78, 5) is 15.8. The number of fused-ring (bicyclic) bond motifs is 1. The average molecular weight is 246 g/mol. The lowest BCUT2D eigenvalue weighted by Gasteiger charge is -2.05. The lowest BCUT2D eigenvalue weighted by Crippen LogP contribution is -2.11. The van der Waals surface area contributed by atoms with Gasteiger partial charge in [-0.2, -0.15) is 11.8 Å². The molecule has 0 fully saturated rings. The van der Waals surface area contributed by atoms with Crippen LogP contribution in [-0.4, -0.2) is 22.9 Å².